The lowest BCUT2D eigenvalue weighted by molar-refractivity contribution is 0.326. The van der Waals surface area contributed by atoms with Crippen LogP contribution in [-0.2, 0) is 0 Å². The summed E-state index contributed by atoms with van der Waals surface area (Å²) in [4.78, 5) is 15.8. The third-order valence-corrected chi connectivity index (χ3v) is 6.00. The minimum Gasteiger partial charge on any atom is -0.496 e. The van der Waals surface area contributed by atoms with Gasteiger partial charge in [-0.25, -0.2) is 15.0 Å². The molecule has 0 atom stereocenters. The molecule has 2 aromatic heterocycles. The summed E-state index contributed by atoms with van der Waals surface area (Å²) in [6, 6.07) is 9.96. The number of para-hydroxylation sites is 1. The summed E-state index contributed by atoms with van der Waals surface area (Å²) in [5.41, 5.74) is 2.05. The molecule has 0 bridgehead atoms. The van der Waals surface area contributed by atoms with Crippen LogP contribution in [0.4, 0.5) is 5.82 Å². The van der Waals surface area contributed by atoms with Crippen molar-refractivity contribution in [3.63, 3.8) is 0 Å². The predicted molar refractivity (Wildman–Crippen MR) is 111 cm³/mol. The number of aromatic nitrogens is 3. The molecule has 4 rings (SSSR count). The molecule has 0 unspecified atom stereocenters. The van der Waals surface area contributed by atoms with E-state index in [4.69, 9.17) is 14.5 Å². The van der Waals surface area contributed by atoms with Gasteiger partial charge in [0.05, 0.1) is 24.4 Å². The molecule has 1 aromatic carbocycles. The van der Waals surface area contributed by atoms with E-state index in [-0.39, 0.29) is 0 Å². The van der Waals surface area contributed by atoms with Crippen molar-refractivity contribution < 1.29 is 9.47 Å². The summed E-state index contributed by atoms with van der Waals surface area (Å²) in [7, 11) is 1.70. The van der Waals surface area contributed by atoms with Gasteiger partial charge in [0.25, 0.3) is 0 Å². The van der Waals surface area contributed by atoms with Crippen LogP contribution in [0.3, 0.4) is 0 Å². The zero-order valence-corrected chi connectivity index (χ0v) is 17.0. The molecule has 0 N–H and O–H groups in total. The van der Waals surface area contributed by atoms with Gasteiger partial charge in [-0.15, -0.1) is 11.3 Å². The van der Waals surface area contributed by atoms with Gasteiger partial charge in [-0.2, -0.15) is 0 Å². The van der Waals surface area contributed by atoms with Crippen molar-refractivity contribution in [3.05, 3.63) is 47.0 Å². The maximum absolute atomic E-state index is 5.50. The first-order chi connectivity index (χ1) is 13.8. The lowest BCUT2D eigenvalue weighted by Crippen LogP contribution is -2.33. The number of nitrogens with zero attached hydrogens (tertiary/aromatic N) is 4. The summed E-state index contributed by atoms with van der Waals surface area (Å²) >= 11 is 1.75. The highest BCUT2D eigenvalue weighted by atomic mass is 32.1. The van der Waals surface area contributed by atoms with E-state index < -0.39 is 0 Å². The average molecular weight is 397 g/mol. The first-order valence-corrected chi connectivity index (χ1v) is 10.4. The highest BCUT2D eigenvalue weighted by Crippen LogP contribution is 2.36. The van der Waals surface area contributed by atoms with Crippen LogP contribution in [0.2, 0.25) is 0 Å². The number of methoxy groups -OCH3 is 1. The Balaban J connectivity index is 1.43. The number of ether oxygens (including phenoxy) is 2. The molecular weight excluding hydrogens is 372 g/mol. The zero-order chi connectivity index (χ0) is 19.3. The molecule has 28 heavy (non-hydrogen) atoms. The van der Waals surface area contributed by atoms with Crippen molar-refractivity contribution in [2.24, 2.45) is 0 Å². The van der Waals surface area contributed by atoms with Gasteiger partial charge in [-0.05, 0) is 31.9 Å². The van der Waals surface area contributed by atoms with Crippen LogP contribution in [0.15, 0.2) is 42.0 Å². The normalized spacial score (nSPS) is 14.9. The summed E-state index contributed by atoms with van der Waals surface area (Å²) in [6.45, 7) is 4.48. The van der Waals surface area contributed by atoms with Crippen LogP contribution in [0.25, 0.3) is 11.3 Å². The second-order valence-corrected chi connectivity index (χ2v) is 7.57. The van der Waals surface area contributed by atoms with E-state index in [0.717, 1.165) is 48.8 Å². The number of piperidine rings is 1. The van der Waals surface area contributed by atoms with Crippen LogP contribution in [0, 0.1) is 0 Å². The molecule has 3 heterocycles. The van der Waals surface area contributed by atoms with Crippen molar-refractivity contribution in [2.45, 2.75) is 25.7 Å². The first-order valence-electron chi connectivity index (χ1n) is 9.57. The van der Waals surface area contributed by atoms with Crippen molar-refractivity contribution in [1.29, 1.82) is 0 Å². The molecule has 146 valence electrons. The van der Waals surface area contributed by atoms with Gasteiger partial charge in [-0.3, -0.25) is 0 Å². The molecule has 1 fully saturated rings. The fourth-order valence-corrected chi connectivity index (χ4v) is 4.53. The van der Waals surface area contributed by atoms with E-state index in [0.29, 0.717) is 18.4 Å². The van der Waals surface area contributed by atoms with Crippen LogP contribution in [0.5, 0.6) is 11.6 Å². The summed E-state index contributed by atoms with van der Waals surface area (Å²) < 4.78 is 11.0. The molecule has 1 aliphatic rings. The number of hydrogen-bond donors (Lipinski definition) is 0. The Bertz CT molecular complexity index is 922. The molecule has 1 aliphatic heterocycles. The third kappa shape index (κ3) is 3.94. The molecule has 6 nitrogen and oxygen atoms in total. The van der Waals surface area contributed by atoms with Crippen molar-refractivity contribution in [3.8, 4) is 22.9 Å². The highest BCUT2D eigenvalue weighted by Gasteiger charge is 2.24. The van der Waals surface area contributed by atoms with Crippen LogP contribution in [-0.4, -0.2) is 41.8 Å². The molecule has 0 amide bonds. The van der Waals surface area contributed by atoms with Crippen LogP contribution >= 0.6 is 11.3 Å². The second kappa shape index (κ2) is 8.56. The summed E-state index contributed by atoms with van der Waals surface area (Å²) in [6.07, 6.45) is 3.70. The molecule has 7 heteroatoms. The summed E-state index contributed by atoms with van der Waals surface area (Å²) in [5, 5.41) is 3.34. The lowest BCUT2D eigenvalue weighted by atomic mass is 9.97. The second-order valence-electron chi connectivity index (χ2n) is 6.68. The fourth-order valence-electron chi connectivity index (χ4n) is 3.54. The smallest absolute Gasteiger partial charge is 0.218 e. The van der Waals surface area contributed by atoms with Crippen molar-refractivity contribution in [1.82, 2.24) is 15.0 Å². The van der Waals surface area contributed by atoms with Crippen molar-refractivity contribution in [2.75, 3.05) is 31.7 Å². The monoisotopic (exact) mass is 396 g/mol. The largest absolute Gasteiger partial charge is 0.496 e. The minimum atomic E-state index is 0.484. The third-order valence-electron chi connectivity index (χ3n) is 4.99. The van der Waals surface area contributed by atoms with E-state index in [1.807, 2.05) is 31.2 Å². The number of thiazole rings is 1. The quantitative estimate of drug-likeness (QED) is 0.616. The number of hydrogen-bond acceptors (Lipinski definition) is 7. The number of anilines is 1. The molecule has 0 spiro atoms. The van der Waals surface area contributed by atoms with Crippen molar-refractivity contribution >= 4 is 17.2 Å². The van der Waals surface area contributed by atoms with E-state index in [1.54, 1.807) is 24.8 Å². The molecule has 0 aliphatic carbocycles. The molecule has 1 saturated heterocycles. The van der Waals surface area contributed by atoms with E-state index in [2.05, 4.69) is 26.3 Å². The highest BCUT2D eigenvalue weighted by molar-refractivity contribution is 7.10. The topological polar surface area (TPSA) is 60.4 Å². The number of benzene rings is 1. The Labute approximate surface area is 169 Å². The van der Waals surface area contributed by atoms with E-state index in [9.17, 15) is 0 Å². The van der Waals surface area contributed by atoms with Crippen LogP contribution in [0.1, 0.15) is 30.7 Å². The Morgan fingerprint density at radius 3 is 2.79 bits per heavy atom. The van der Waals surface area contributed by atoms with Gasteiger partial charge in [0.1, 0.15) is 17.9 Å². The average Bonchev–Trinajstić information content (AvgIpc) is 3.24. The maximum atomic E-state index is 5.50. The van der Waals surface area contributed by atoms with Gasteiger partial charge in [0.15, 0.2) is 0 Å². The van der Waals surface area contributed by atoms with Crippen LogP contribution < -0.4 is 14.4 Å². The van der Waals surface area contributed by atoms with Gasteiger partial charge in [-0.1, -0.05) is 12.1 Å². The van der Waals surface area contributed by atoms with Gasteiger partial charge < -0.3 is 14.4 Å². The predicted octanol–water partition coefficient (Wildman–Crippen LogP) is 4.39. The number of rotatable bonds is 6. The lowest BCUT2D eigenvalue weighted by Gasteiger charge is -2.31. The Morgan fingerprint density at radius 2 is 2.00 bits per heavy atom. The molecule has 3 aromatic rings. The molecule has 0 saturated carbocycles. The first kappa shape index (κ1) is 18.7. The van der Waals surface area contributed by atoms with Gasteiger partial charge >= 0.3 is 0 Å². The standard InChI is InChI=1S/C21H24N4O2S/c1-3-27-20-12-19(22-14-23-20)25-10-8-15(9-11-25)21-24-17(13-28-21)16-6-4-5-7-18(16)26-2/h4-7,12-15H,3,8-11H2,1-2H3. The Kier molecular flexibility index (Phi) is 5.71. The molecular formula is C21H24N4O2S. The zero-order valence-electron chi connectivity index (χ0n) is 16.2. The Hall–Kier alpha value is -2.67. The van der Waals surface area contributed by atoms with Gasteiger partial charge in [0.2, 0.25) is 5.88 Å². The fraction of sp³-hybridized carbons (Fsp3) is 0.381. The van der Waals surface area contributed by atoms with Gasteiger partial charge in [0, 0.05) is 36.0 Å². The Morgan fingerprint density at radius 1 is 1.18 bits per heavy atom. The minimum absolute atomic E-state index is 0.484. The maximum Gasteiger partial charge on any atom is 0.218 e. The SMILES string of the molecule is CCOc1cc(N2CCC(c3nc(-c4ccccc4OC)cs3)CC2)ncn1. The molecule has 0 radical (unpaired) electrons. The van der Waals surface area contributed by atoms with E-state index >= 15 is 0 Å². The summed E-state index contributed by atoms with van der Waals surface area (Å²) in [5.74, 6) is 2.92. The van der Waals surface area contributed by atoms with E-state index in [1.165, 1.54) is 5.01 Å².